The maximum absolute atomic E-state index is 10.7. The molecule has 0 atom stereocenters. The number of ether oxygens (including phenoxy) is 1. The van der Waals surface area contributed by atoms with Crippen molar-refractivity contribution in [3.63, 3.8) is 0 Å². The highest BCUT2D eigenvalue weighted by molar-refractivity contribution is 7.15. The van der Waals surface area contributed by atoms with Crippen LogP contribution in [-0.2, 0) is 17.6 Å². The quantitative estimate of drug-likeness (QED) is 0.845. The summed E-state index contributed by atoms with van der Waals surface area (Å²) in [7, 11) is 0. The smallest absolute Gasteiger partial charge is 0.303 e. The number of carboxylic acids is 1. The summed E-state index contributed by atoms with van der Waals surface area (Å²) in [6.45, 7) is 4.63. The van der Waals surface area contributed by atoms with E-state index in [1.165, 1.54) is 0 Å². The van der Waals surface area contributed by atoms with Gasteiger partial charge in [0.1, 0.15) is 10.8 Å². The van der Waals surface area contributed by atoms with E-state index in [0.29, 0.717) is 13.0 Å². The van der Waals surface area contributed by atoms with Crippen LogP contribution in [0.5, 0.6) is 5.75 Å². The molecule has 21 heavy (non-hydrogen) atoms. The fourth-order valence-corrected chi connectivity index (χ4v) is 3.23. The average molecular weight is 305 g/mol. The molecule has 0 radical (unpaired) electrons. The molecular weight excluding hydrogens is 286 g/mol. The largest absolute Gasteiger partial charge is 0.494 e. The minimum absolute atomic E-state index is 0.146. The van der Waals surface area contributed by atoms with Crippen molar-refractivity contribution in [2.45, 2.75) is 33.1 Å². The topological polar surface area (TPSA) is 59.4 Å². The molecule has 0 aliphatic carbocycles. The van der Waals surface area contributed by atoms with Gasteiger partial charge in [0.15, 0.2) is 0 Å². The summed E-state index contributed by atoms with van der Waals surface area (Å²) < 4.78 is 5.51. The molecule has 112 valence electrons. The van der Waals surface area contributed by atoms with E-state index in [1.54, 1.807) is 11.3 Å². The first-order chi connectivity index (χ1) is 10.1. The predicted molar refractivity (Wildman–Crippen MR) is 84.1 cm³/mol. The lowest BCUT2D eigenvalue weighted by Gasteiger charge is -2.03. The zero-order valence-electron chi connectivity index (χ0n) is 12.3. The van der Waals surface area contributed by atoms with Crippen LogP contribution in [0.15, 0.2) is 24.3 Å². The molecule has 1 heterocycles. The molecule has 0 unspecified atom stereocenters. The fraction of sp³-hybridized carbons (Fsp3) is 0.375. The fourth-order valence-electron chi connectivity index (χ4n) is 2.08. The van der Waals surface area contributed by atoms with Crippen LogP contribution in [0.2, 0.25) is 0 Å². The van der Waals surface area contributed by atoms with Gasteiger partial charge in [-0.15, -0.1) is 11.3 Å². The van der Waals surface area contributed by atoms with Gasteiger partial charge >= 0.3 is 5.97 Å². The summed E-state index contributed by atoms with van der Waals surface area (Å²) in [6, 6.07) is 7.85. The van der Waals surface area contributed by atoms with Crippen LogP contribution < -0.4 is 4.74 Å². The molecule has 0 saturated heterocycles. The van der Waals surface area contributed by atoms with E-state index in [1.807, 2.05) is 38.1 Å². The van der Waals surface area contributed by atoms with Crippen molar-refractivity contribution >= 4 is 17.3 Å². The molecule has 0 aliphatic rings. The molecule has 0 bridgehead atoms. The number of benzene rings is 1. The number of carbonyl (C=O) groups is 1. The monoisotopic (exact) mass is 305 g/mol. The predicted octanol–water partition coefficient (Wildman–Crippen LogP) is 3.79. The van der Waals surface area contributed by atoms with Gasteiger partial charge in [-0.1, -0.05) is 19.1 Å². The van der Waals surface area contributed by atoms with Gasteiger partial charge in [0, 0.05) is 10.4 Å². The van der Waals surface area contributed by atoms with Crippen LogP contribution >= 0.6 is 11.3 Å². The number of carboxylic acid groups (broad SMARTS) is 1. The Balaban J connectivity index is 2.27. The molecule has 1 aromatic carbocycles. The van der Waals surface area contributed by atoms with Gasteiger partial charge in [-0.3, -0.25) is 4.79 Å². The van der Waals surface area contributed by atoms with Gasteiger partial charge in [0.2, 0.25) is 0 Å². The van der Waals surface area contributed by atoms with Gasteiger partial charge in [-0.05, 0) is 31.9 Å². The zero-order chi connectivity index (χ0) is 15.2. The van der Waals surface area contributed by atoms with E-state index in [-0.39, 0.29) is 6.42 Å². The molecule has 0 amide bonds. The summed E-state index contributed by atoms with van der Waals surface area (Å²) in [5, 5.41) is 9.75. The molecule has 4 nitrogen and oxygen atoms in total. The van der Waals surface area contributed by atoms with Crippen molar-refractivity contribution < 1.29 is 14.6 Å². The van der Waals surface area contributed by atoms with Crippen LogP contribution in [0.4, 0.5) is 0 Å². The molecule has 0 aliphatic heterocycles. The van der Waals surface area contributed by atoms with Gasteiger partial charge in [0.25, 0.3) is 0 Å². The first-order valence-electron chi connectivity index (χ1n) is 7.07. The number of hydrogen-bond donors (Lipinski definition) is 1. The third kappa shape index (κ3) is 4.04. The zero-order valence-corrected chi connectivity index (χ0v) is 13.1. The number of hydrogen-bond acceptors (Lipinski definition) is 4. The highest BCUT2D eigenvalue weighted by Crippen LogP contribution is 2.31. The van der Waals surface area contributed by atoms with E-state index in [9.17, 15) is 4.79 Å². The average Bonchev–Trinajstić information content (AvgIpc) is 2.89. The summed E-state index contributed by atoms with van der Waals surface area (Å²) in [5.74, 6) is 0.0562. The van der Waals surface area contributed by atoms with Crippen LogP contribution in [-0.4, -0.2) is 22.7 Å². The van der Waals surface area contributed by atoms with Crippen molar-refractivity contribution in [3.05, 3.63) is 34.8 Å². The van der Waals surface area contributed by atoms with E-state index in [4.69, 9.17) is 9.84 Å². The van der Waals surface area contributed by atoms with Crippen LogP contribution in [0.25, 0.3) is 10.6 Å². The van der Waals surface area contributed by atoms with Gasteiger partial charge in [-0.2, -0.15) is 0 Å². The highest BCUT2D eigenvalue weighted by atomic mass is 32.1. The maximum atomic E-state index is 10.7. The number of aliphatic carboxylic acids is 1. The second-order valence-electron chi connectivity index (χ2n) is 4.60. The number of aryl methyl sites for hydroxylation is 2. The van der Waals surface area contributed by atoms with Crippen molar-refractivity contribution in [2.24, 2.45) is 0 Å². The summed E-state index contributed by atoms with van der Waals surface area (Å²) in [4.78, 5) is 16.4. The van der Waals surface area contributed by atoms with Crippen molar-refractivity contribution in [1.29, 1.82) is 0 Å². The Kier molecular flexibility index (Phi) is 5.33. The summed E-state index contributed by atoms with van der Waals surface area (Å²) in [5.41, 5.74) is 2.01. The minimum atomic E-state index is -0.773. The Morgan fingerprint density at radius 2 is 2.19 bits per heavy atom. The van der Waals surface area contributed by atoms with E-state index < -0.39 is 5.97 Å². The number of rotatable bonds is 7. The van der Waals surface area contributed by atoms with Gasteiger partial charge < -0.3 is 9.84 Å². The minimum Gasteiger partial charge on any atom is -0.494 e. The lowest BCUT2D eigenvalue weighted by molar-refractivity contribution is -0.136. The standard InChI is InChI=1S/C16H19NO3S/c1-3-13-14(8-9-15(18)19)21-16(17-13)11-6-5-7-12(10-11)20-4-2/h5-7,10H,3-4,8-9H2,1-2H3,(H,18,19). The lowest BCUT2D eigenvalue weighted by Crippen LogP contribution is -1.98. The van der Waals surface area contributed by atoms with E-state index in [0.717, 1.165) is 33.3 Å². The Hall–Kier alpha value is -1.88. The molecule has 0 saturated carbocycles. The molecule has 2 rings (SSSR count). The van der Waals surface area contributed by atoms with Crippen molar-refractivity contribution in [3.8, 4) is 16.3 Å². The maximum Gasteiger partial charge on any atom is 0.303 e. The second-order valence-corrected chi connectivity index (χ2v) is 5.68. The van der Waals surface area contributed by atoms with Crippen molar-refractivity contribution in [1.82, 2.24) is 4.98 Å². The first-order valence-corrected chi connectivity index (χ1v) is 7.89. The molecule has 2 aromatic rings. The van der Waals surface area contributed by atoms with E-state index in [2.05, 4.69) is 4.98 Å². The Morgan fingerprint density at radius 3 is 2.86 bits per heavy atom. The highest BCUT2D eigenvalue weighted by Gasteiger charge is 2.13. The molecular formula is C16H19NO3S. The molecule has 1 aromatic heterocycles. The lowest BCUT2D eigenvalue weighted by atomic mass is 10.2. The van der Waals surface area contributed by atoms with E-state index >= 15 is 0 Å². The van der Waals surface area contributed by atoms with Gasteiger partial charge in [0.05, 0.1) is 18.7 Å². The Bertz CT molecular complexity index is 622. The molecule has 1 N–H and O–H groups in total. The third-order valence-electron chi connectivity index (χ3n) is 3.07. The first kappa shape index (κ1) is 15.5. The summed E-state index contributed by atoms with van der Waals surface area (Å²) >= 11 is 1.58. The molecule has 0 spiro atoms. The summed E-state index contributed by atoms with van der Waals surface area (Å²) in [6.07, 6.45) is 1.51. The second kappa shape index (κ2) is 7.22. The van der Waals surface area contributed by atoms with Crippen LogP contribution in [0.1, 0.15) is 30.8 Å². The van der Waals surface area contributed by atoms with Crippen LogP contribution in [0, 0.1) is 0 Å². The Labute approximate surface area is 128 Å². The molecule has 0 fully saturated rings. The Morgan fingerprint density at radius 1 is 1.38 bits per heavy atom. The normalized spacial score (nSPS) is 10.6. The number of thiazole rings is 1. The SMILES string of the molecule is CCOc1cccc(-c2nc(CC)c(CCC(=O)O)s2)c1. The van der Waals surface area contributed by atoms with Crippen molar-refractivity contribution in [2.75, 3.05) is 6.61 Å². The number of aromatic nitrogens is 1. The molecule has 5 heteroatoms. The third-order valence-corrected chi connectivity index (χ3v) is 4.28. The number of nitrogens with zero attached hydrogens (tertiary/aromatic N) is 1. The van der Waals surface area contributed by atoms with Crippen LogP contribution in [0.3, 0.4) is 0 Å². The van der Waals surface area contributed by atoms with Gasteiger partial charge in [-0.25, -0.2) is 4.98 Å².